The highest BCUT2D eigenvalue weighted by Crippen LogP contribution is 2.17. The van der Waals surface area contributed by atoms with Gasteiger partial charge < -0.3 is 10.1 Å². The van der Waals surface area contributed by atoms with Crippen molar-refractivity contribution in [3.05, 3.63) is 41.4 Å². The van der Waals surface area contributed by atoms with Gasteiger partial charge in [0.15, 0.2) is 11.9 Å². The van der Waals surface area contributed by atoms with Crippen molar-refractivity contribution in [3.63, 3.8) is 0 Å². The van der Waals surface area contributed by atoms with E-state index < -0.39 is 0 Å². The molecule has 2 rings (SSSR count). The molecular formula is C13H15N3O2S. The second-order valence-electron chi connectivity index (χ2n) is 3.72. The molecule has 2 aromatic rings. The van der Waals surface area contributed by atoms with Crippen molar-refractivity contribution in [1.82, 2.24) is 10.3 Å². The van der Waals surface area contributed by atoms with Crippen molar-refractivity contribution in [2.75, 3.05) is 12.0 Å². The quantitative estimate of drug-likeness (QED) is 0.826. The number of nitrogens with zero attached hydrogens (tertiary/aromatic N) is 1. The van der Waals surface area contributed by atoms with Crippen LogP contribution in [0.2, 0.25) is 0 Å². The number of benzene rings is 1. The summed E-state index contributed by atoms with van der Waals surface area (Å²) in [6, 6.07) is 7.44. The van der Waals surface area contributed by atoms with E-state index in [4.69, 9.17) is 4.74 Å². The smallest absolute Gasteiger partial charge is 0.323 e. The predicted octanol–water partition coefficient (Wildman–Crippen LogP) is 2.86. The fourth-order valence-corrected chi connectivity index (χ4v) is 2.07. The van der Waals surface area contributed by atoms with Gasteiger partial charge in [-0.2, -0.15) is 0 Å². The summed E-state index contributed by atoms with van der Waals surface area (Å²) >= 11 is 1.36. The van der Waals surface area contributed by atoms with Crippen molar-refractivity contribution in [3.8, 4) is 5.75 Å². The molecule has 1 heterocycles. The molecule has 2 N–H and O–H groups in total. The van der Waals surface area contributed by atoms with Crippen LogP contribution in [0.15, 0.2) is 35.8 Å². The number of amides is 2. The van der Waals surface area contributed by atoms with E-state index in [2.05, 4.69) is 22.5 Å². The summed E-state index contributed by atoms with van der Waals surface area (Å²) in [7, 11) is 0. The zero-order valence-corrected chi connectivity index (χ0v) is 11.4. The van der Waals surface area contributed by atoms with Crippen LogP contribution < -0.4 is 15.4 Å². The molecule has 6 heteroatoms. The molecule has 100 valence electrons. The number of anilines is 1. The molecule has 1 aromatic heterocycles. The molecule has 0 bridgehead atoms. The van der Waals surface area contributed by atoms with Crippen molar-refractivity contribution in [2.24, 2.45) is 0 Å². The first-order chi connectivity index (χ1) is 9.29. The number of para-hydroxylation sites is 1. The third kappa shape index (κ3) is 3.96. The molecule has 0 unspecified atom stereocenters. The van der Waals surface area contributed by atoms with Crippen molar-refractivity contribution >= 4 is 22.5 Å². The molecule has 0 radical (unpaired) electrons. The zero-order chi connectivity index (χ0) is 13.5. The molecule has 5 nitrogen and oxygen atoms in total. The van der Waals surface area contributed by atoms with Gasteiger partial charge in [-0.25, -0.2) is 9.78 Å². The third-order valence-corrected chi connectivity index (χ3v) is 3.16. The molecule has 19 heavy (non-hydrogen) atoms. The monoisotopic (exact) mass is 277 g/mol. The lowest BCUT2D eigenvalue weighted by Crippen LogP contribution is -2.32. The number of aryl methyl sites for hydroxylation is 1. The number of aromatic nitrogens is 1. The van der Waals surface area contributed by atoms with Gasteiger partial charge in [0.2, 0.25) is 0 Å². The van der Waals surface area contributed by atoms with Gasteiger partial charge in [-0.05, 0) is 18.1 Å². The second kappa shape index (κ2) is 6.75. The van der Waals surface area contributed by atoms with Gasteiger partial charge in [0.1, 0.15) is 5.75 Å². The highest BCUT2D eigenvalue weighted by molar-refractivity contribution is 7.13. The van der Waals surface area contributed by atoms with Crippen LogP contribution in [0, 0.1) is 0 Å². The van der Waals surface area contributed by atoms with E-state index in [-0.39, 0.29) is 12.8 Å². The molecule has 0 saturated carbocycles. The average Bonchev–Trinajstić information content (AvgIpc) is 2.92. The largest absolute Gasteiger partial charge is 0.473 e. The van der Waals surface area contributed by atoms with Gasteiger partial charge in [-0.1, -0.05) is 25.1 Å². The van der Waals surface area contributed by atoms with Gasteiger partial charge in [0.05, 0.1) is 0 Å². The van der Waals surface area contributed by atoms with Crippen LogP contribution >= 0.6 is 11.3 Å². The Morgan fingerprint density at radius 3 is 3.00 bits per heavy atom. The van der Waals surface area contributed by atoms with Crippen LogP contribution in [0.3, 0.4) is 0 Å². The van der Waals surface area contributed by atoms with Crippen LogP contribution in [0.25, 0.3) is 0 Å². The Kier molecular flexibility index (Phi) is 4.74. The van der Waals surface area contributed by atoms with E-state index in [9.17, 15) is 4.79 Å². The number of hydrogen-bond acceptors (Lipinski definition) is 4. The second-order valence-corrected chi connectivity index (χ2v) is 4.61. The van der Waals surface area contributed by atoms with Gasteiger partial charge in [0, 0.05) is 11.6 Å². The number of carbonyl (C=O) groups is 1. The first kappa shape index (κ1) is 13.4. The van der Waals surface area contributed by atoms with E-state index >= 15 is 0 Å². The summed E-state index contributed by atoms with van der Waals surface area (Å²) in [5.41, 5.74) is 1.12. The highest BCUT2D eigenvalue weighted by Gasteiger charge is 2.04. The molecule has 2 amide bonds. The molecule has 0 saturated heterocycles. The van der Waals surface area contributed by atoms with Gasteiger partial charge in [-0.15, -0.1) is 11.3 Å². The van der Waals surface area contributed by atoms with Crippen LogP contribution in [0.5, 0.6) is 5.75 Å². The first-order valence-electron chi connectivity index (χ1n) is 5.94. The summed E-state index contributed by atoms with van der Waals surface area (Å²) in [5, 5.41) is 7.59. The van der Waals surface area contributed by atoms with E-state index in [1.165, 1.54) is 11.3 Å². The van der Waals surface area contributed by atoms with Crippen LogP contribution in [-0.2, 0) is 6.42 Å². The Balaban J connectivity index is 1.78. The van der Waals surface area contributed by atoms with Crippen LogP contribution in [-0.4, -0.2) is 17.7 Å². The maximum atomic E-state index is 11.5. The maximum absolute atomic E-state index is 11.5. The van der Waals surface area contributed by atoms with E-state index in [0.717, 1.165) is 17.7 Å². The number of ether oxygens (including phenoxy) is 1. The Morgan fingerprint density at radius 2 is 2.26 bits per heavy atom. The number of urea groups is 1. The molecule has 0 aliphatic heterocycles. The van der Waals surface area contributed by atoms with Crippen LogP contribution in [0.4, 0.5) is 9.93 Å². The molecule has 0 fully saturated rings. The summed E-state index contributed by atoms with van der Waals surface area (Å²) < 4.78 is 5.53. The molecular weight excluding hydrogens is 262 g/mol. The standard InChI is InChI=1S/C13H15N3O2S/c1-2-10-5-3-4-6-11(10)18-9-15-12(17)16-13-14-7-8-19-13/h3-8H,2,9H2,1H3,(H2,14,15,16,17). The normalized spacial score (nSPS) is 9.95. The summed E-state index contributed by atoms with van der Waals surface area (Å²) in [6.45, 7) is 2.18. The summed E-state index contributed by atoms with van der Waals surface area (Å²) in [4.78, 5) is 15.5. The van der Waals surface area contributed by atoms with Crippen molar-refractivity contribution in [1.29, 1.82) is 0 Å². The lowest BCUT2D eigenvalue weighted by atomic mass is 10.1. The minimum Gasteiger partial charge on any atom is -0.473 e. The molecule has 1 aromatic carbocycles. The number of thiazole rings is 1. The Morgan fingerprint density at radius 1 is 1.42 bits per heavy atom. The lowest BCUT2D eigenvalue weighted by molar-refractivity contribution is 0.234. The maximum Gasteiger partial charge on any atom is 0.323 e. The minimum absolute atomic E-state index is 0.119. The Labute approximate surface area is 115 Å². The topological polar surface area (TPSA) is 63.2 Å². The predicted molar refractivity (Wildman–Crippen MR) is 75.6 cm³/mol. The SMILES string of the molecule is CCc1ccccc1OCNC(=O)Nc1nccs1. The van der Waals surface area contributed by atoms with Crippen LogP contribution in [0.1, 0.15) is 12.5 Å². The molecule has 0 spiro atoms. The minimum atomic E-state index is -0.330. The third-order valence-electron chi connectivity index (χ3n) is 2.47. The van der Waals surface area contributed by atoms with E-state index in [0.29, 0.717) is 5.13 Å². The van der Waals surface area contributed by atoms with E-state index in [1.807, 2.05) is 24.3 Å². The fraction of sp³-hybridized carbons (Fsp3) is 0.231. The van der Waals surface area contributed by atoms with Crippen molar-refractivity contribution < 1.29 is 9.53 Å². The van der Waals surface area contributed by atoms with Gasteiger partial charge in [-0.3, -0.25) is 5.32 Å². The zero-order valence-electron chi connectivity index (χ0n) is 10.6. The highest BCUT2D eigenvalue weighted by atomic mass is 32.1. The molecule has 0 aliphatic carbocycles. The number of nitrogens with one attached hydrogen (secondary N) is 2. The molecule has 0 aliphatic rings. The first-order valence-corrected chi connectivity index (χ1v) is 6.82. The average molecular weight is 277 g/mol. The van der Waals surface area contributed by atoms with E-state index in [1.54, 1.807) is 11.6 Å². The van der Waals surface area contributed by atoms with Gasteiger partial charge >= 0.3 is 6.03 Å². The number of hydrogen-bond donors (Lipinski definition) is 2. The number of rotatable bonds is 5. The Hall–Kier alpha value is -2.08. The van der Waals surface area contributed by atoms with Crippen molar-refractivity contribution in [2.45, 2.75) is 13.3 Å². The number of carbonyl (C=O) groups excluding carboxylic acids is 1. The fourth-order valence-electron chi connectivity index (χ4n) is 1.54. The van der Waals surface area contributed by atoms with Gasteiger partial charge in [0.25, 0.3) is 0 Å². The lowest BCUT2D eigenvalue weighted by Gasteiger charge is -2.11. The molecule has 0 atom stereocenters. The summed E-state index contributed by atoms with van der Waals surface area (Å²) in [5.74, 6) is 0.791. The summed E-state index contributed by atoms with van der Waals surface area (Å²) in [6.07, 6.45) is 2.52. The Bertz CT molecular complexity index is 528.